The number of nitrogens with one attached hydrogen (secondary N) is 1. The van der Waals surface area contributed by atoms with Gasteiger partial charge in [-0.1, -0.05) is 29.4 Å². The molecule has 12 heteroatoms. The topological polar surface area (TPSA) is 112 Å². The van der Waals surface area contributed by atoms with E-state index in [4.69, 9.17) is 31.8 Å². The number of amides is 1. The van der Waals surface area contributed by atoms with Crippen molar-refractivity contribution in [3.63, 3.8) is 0 Å². The van der Waals surface area contributed by atoms with Gasteiger partial charge in [-0.15, -0.1) is 0 Å². The van der Waals surface area contributed by atoms with Crippen LogP contribution < -0.4 is 15.8 Å². The van der Waals surface area contributed by atoms with E-state index in [-0.39, 0.29) is 10.8 Å². The fourth-order valence-electron chi connectivity index (χ4n) is 4.85. The molecule has 0 saturated carbocycles. The highest BCUT2D eigenvalue weighted by atomic mass is 35.5. The summed E-state index contributed by atoms with van der Waals surface area (Å²) < 4.78 is 41.1. The van der Waals surface area contributed by atoms with Gasteiger partial charge in [-0.25, -0.2) is 19.4 Å². The van der Waals surface area contributed by atoms with Crippen LogP contribution in [0.15, 0.2) is 47.6 Å². The molecule has 0 aliphatic carbocycles. The number of amidine groups is 1. The van der Waals surface area contributed by atoms with Gasteiger partial charge in [0, 0.05) is 28.8 Å². The predicted octanol–water partition coefficient (Wildman–Crippen LogP) is 5.27. The number of hydrogen-bond acceptors (Lipinski definition) is 8. The molecule has 1 spiro atoms. The van der Waals surface area contributed by atoms with Crippen LogP contribution in [0.5, 0.6) is 11.5 Å². The molecule has 1 amide bonds. The van der Waals surface area contributed by atoms with Gasteiger partial charge in [-0.2, -0.15) is 4.39 Å². The van der Waals surface area contributed by atoms with E-state index in [9.17, 15) is 9.18 Å². The number of pyridine rings is 2. The number of aromatic nitrogens is 2. The standard InChI is InChI=1S/C26H20ClF2N5O3S/c27-14-9-18(28)21(31-12-14)24(35)32-15-1-2-20-16(10-15)26(5-8-38-25(30)34-26)17-11-19(13-3-6-36-7-4-13)33-23(29)22(17)37-20/h1-3,9-12H,4-8H2,(H2,30,34)(H,32,35)/t26-/m0/s1. The Bertz CT molecular complexity index is 1550. The van der Waals surface area contributed by atoms with Gasteiger partial charge >= 0.3 is 0 Å². The lowest BCUT2D eigenvalue weighted by Gasteiger charge is -2.39. The molecule has 3 N–H and O–H groups in total. The van der Waals surface area contributed by atoms with Crippen LogP contribution in [0.4, 0.5) is 14.5 Å². The van der Waals surface area contributed by atoms with Crippen LogP contribution in [0, 0.1) is 11.8 Å². The summed E-state index contributed by atoms with van der Waals surface area (Å²) in [5.41, 5.74) is 7.52. The molecule has 0 saturated heterocycles. The Morgan fingerprint density at radius 2 is 2.08 bits per heavy atom. The third kappa shape index (κ3) is 4.30. The molecule has 5 heterocycles. The number of rotatable bonds is 3. The minimum Gasteiger partial charge on any atom is -0.452 e. The number of carbonyl (C=O) groups is 1. The summed E-state index contributed by atoms with van der Waals surface area (Å²) >= 11 is 7.16. The zero-order valence-corrected chi connectivity index (χ0v) is 21.3. The zero-order chi connectivity index (χ0) is 26.4. The number of thioether (sulfide) groups is 1. The maximum atomic E-state index is 15.4. The number of aliphatic imine (C=N–C) groups is 1. The molecular weight excluding hydrogens is 536 g/mol. The largest absolute Gasteiger partial charge is 0.452 e. The quantitative estimate of drug-likeness (QED) is 0.424. The minimum absolute atomic E-state index is 0.0124. The van der Waals surface area contributed by atoms with E-state index in [1.54, 1.807) is 24.3 Å². The number of carbonyl (C=O) groups excluding carboxylic acids is 1. The Morgan fingerprint density at radius 3 is 2.84 bits per heavy atom. The zero-order valence-electron chi connectivity index (χ0n) is 19.8. The average molecular weight is 556 g/mol. The number of anilines is 1. The van der Waals surface area contributed by atoms with E-state index in [0.717, 1.165) is 11.6 Å². The Kier molecular flexibility index (Phi) is 6.29. The maximum Gasteiger partial charge on any atom is 0.277 e. The van der Waals surface area contributed by atoms with Crippen LogP contribution in [-0.4, -0.2) is 40.0 Å². The first-order chi connectivity index (χ1) is 18.3. The van der Waals surface area contributed by atoms with Gasteiger partial charge in [0.15, 0.2) is 22.4 Å². The Balaban J connectivity index is 1.46. The maximum absolute atomic E-state index is 15.4. The lowest BCUT2D eigenvalue weighted by atomic mass is 9.78. The van der Waals surface area contributed by atoms with Crippen LogP contribution in [0.1, 0.15) is 40.2 Å². The fourth-order valence-corrected chi connectivity index (χ4v) is 5.82. The first-order valence-electron chi connectivity index (χ1n) is 11.7. The third-order valence-corrected chi connectivity index (χ3v) is 7.60. The highest BCUT2D eigenvalue weighted by Gasteiger charge is 2.46. The van der Waals surface area contributed by atoms with Crippen molar-refractivity contribution in [2.75, 3.05) is 24.3 Å². The first kappa shape index (κ1) is 24.8. The molecule has 6 rings (SSSR count). The molecule has 8 nitrogen and oxygen atoms in total. The normalized spacial score (nSPS) is 20.1. The number of hydrogen-bond donors (Lipinski definition) is 2. The van der Waals surface area contributed by atoms with Crippen molar-refractivity contribution in [2.24, 2.45) is 10.7 Å². The van der Waals surface area contributed by atoms with Crippen molar-refractivity contribution >= 4 is 45.7 Å². The summed E-state index contributed by atoms with van der Waals surface area (Å²) in [6.07, 6.45) is 4.17. The number of halogens is 3. The molecule has 194 valence electrons. The van der Waals surface area contributed by atoms with Gasteiger partial charge in [0.25, 0.3) is 11.9 Å². The van der Waals surface area contributed by atoms with Crippen molar-refractivity contribution in [3.8, 4) is 11.5 Å². The summed E-state index contributed by atoms with van der Waals surface area (Å²) in [5, 5.41) is 3.09. The van der Waals surface area contributed by atoms with E-state index in [0.29, 0.717) is 65.2 Å². The lowest BCUT2D eigenvalue weighted by molar-refractivity contribution is 0.101. The van der Waals surface area contributed by atoms with Crippen molar-refractivity contribution in [1.29, 1.82) is 0 Å². The Hall–Kier alpha value is -3.54. The summed E-state index contributed by atoms with van der Waals surface area (Å²) in [7, 11) is 0. The summed E-state index contributed by atoms with van der Waals surface area (Å²) in [6, 6.07) is 7.66. The van der Waals surface area contributed by atoms with E-state index in [1.807, 2.05) is 6.08 Å². The monoisotopic (exact) mass is 555 g/mol. The highest BCUT2D eigenvalue weighted by molar-refractivity contribution is 8.13. The van der Waals surface area contributed by atoms with Gasteiger partial charge < -0.3 is 20.5 Å². The molecule has 3 aromatic rings. The first-order valence-corrected chi connectivity index (χ1v) is 13.1. The SMILES string of the molecule is NC1=N[C@@]2(CCS1)c1cc(NC(=O)c3ncc(Cl)cc3F)ccc1Oc1c2cc(C2=CCOCC2)nc1F. The van der Waals surface area contributed by atoms with Crippen LogP contribution in [-0.2, 0) is 10.3 Å². The predicted molar refractivity (Wildman–Crippen MR) is 141 cm³/mol. The minimum atomic E-state index is -1.08. The lowest BCUT2D eigenvalue weighted by Crippen LogP contribution is -2.36. The summed E-state index contributed by atoms with van der Waals surface area (Å²) in [6.45, 7) is 0.943. The molecule has 3 aliphatic heterocycles. The van der Waals surface area contributed by atoms with Crippen molar-refractivity contribution in [3.05, 3.63) is 81.9 Å². The fraction of sp³-hybridized carbons (Fsp3) is 0.231. The smallest absolute Gasteiger partial charge is 0.277 e. The molecule has 0 bridgehead atoms. The van der Waals surface area contributed by atoms with Crippen LogP contribution in [0.2, 0.25) is 5.02 Å². The van der Waals surface area contributed by atoms with Crippen LogP contribution in [0.25, 0.3) is 5.57 Å². The number of nitrogens with zero attached hydrogens (tertiary/aromatic N) is 3. The molecule has 38 heavy (non-hydrogen) atoms. The van der Waals surface area contributed by atoms with Gasteiger partial charge in [-0.3, -0.25) is 4.79 Å². The molecular formula is C26H20ClF2N5O3S. The molecule has 3 aliphatic rings. The van der Waals surface area contributed by atoms with Gasteiger partial charge in [0.05, 0.1) is 23.9 Å². The van der Waals surface area contributed by atoms with Crippen molar-refractivity contribution in [1.82, 2.24) is 9.97 Å². The Morgan fingerprint density at radius 1 is 1.21 bits per heavy atom. The number of ether oxygens (including phenoxy) is 2. The molecule has 0 radical (unpaired) electrons. The van der Waals surface area contributed by atoms with Crippen molar-refractivity contribution in [2.45, 2.75) is 18.4 Å². The van der Waals surface area contributed by atoms with E-state index in [2.05, 4.69) is 15.3 Å². The van der Waals surface area contributed by atoms with Crippen molar-refractivity contribution < 1.29 is 23.0 Å². The number of nitrogens with two attached hydrogens (primary N) is 1. The second-order valence-corrected chi connectivity index (χ2v) is 10.4. The molecule has 2 aromatic heterocycles. The van der Waals surface area contributed by atoms with E-state index >= 15 is 4.39 Å². The van der Waals surface area contributed by atoms with Gasteiger partial charge in [0.1, 0.15) is 11.3 Å². The Labute approximate surface area is 225 Å². The number of benzene rings is 1. The van der Waals surface area contributed by atoms with E-state index < -0.39 is 28.9 Å². The third-order valence-electron chi connectivity index (χ3n) is 6.60. The molecule has 1 aromatic carbocycles. The van der Waals surface area contributed by atoms with Crippen LogP contribution >= 0.6 is 23.4 Å². The second-order valence-electron chi connectivity index (χ2n) is 8.89. The van der Waals surface area contributed by atoms with Gasteiger partial charge in [0.2, 0.25) is 0 Å². The molecule has 0 fully saturated rings. The van der Waals surface area contributed by atoms with E-state index in [1.165, 1.54) is 18.0 Å². The summed E-state index contributed by atoms with van der Waals surface area (Å²) in [4.78, 5) is 25.6. The average Bonchev–Trinajstić information content (AvgIpc) is 2.90. The second kappa shape index (κ2) is 9.64. The molecule has 0 unspecified atom stereocenters. The summed E-state index contributed by atoms with van der Waals surface area (Å²) in [5.74, 6) is -1.38. The van der Waals surface area contributed by atoms with Crippen LogP contribution in [0.3, 0.4) is 0 Å². The van der Waals surface area contributed by atoms with Gasteiger partial charge in [-0.05, 0) is 48.7 Å². The molecule has 1 atom stereocenters. The number of fused-ring (bicyclic) bond motifs is 4. The highest BCUT2D eigenvalue weighted by Crippen LogP contribution is 2.54.